The van der Waals surface area contributed by atoms with E-state index in [0.29, 0.717) is 25.3 Å². The number of sulfonamides is 1. The van der Waals surface area contributed by atoms with Gasteiger partial charge in [-0.15, -0.1) is 0 Å². The lowest BCUT2D eigenvalue weighted by Crippen LogP contribution is -2.44. The van der Waals surface area contributed by atoms with Crippen LogP contribution < -0.4 is 0 Å². The maximum absolute atomic E-state index is 12.5. The molecule has 0 aliphatic carbocycles. The molecule has 0 amide bonds. The Bertz CT molecular complexity index is 561. The SMILES string of the molecule is CC1CN(S(=O)(=O)c2cc(CO)ccc2Cl)CCO1. The summed E-state index contributed by atoms with van der Waals surface area (Å²) in [6.07, 6.45) is -0.136. The first-order chi connectivity index (χ1) is 8.95. The fraction of sp³-hybridized carbons (Fsp3) is 0.500. The number of benzene rings is 1. The molecule has 0 spiro atoms. The van der Waals surface area contributed by atoms with E-state index in [9.17, 15) is 8.42 Å². The van der Waals surface area contributed by atoms with Crippen LogP contribution in [-0.2, 0) is 21.4 Å². The van der Waals surface area contributed by atoms with Crippen molar-refractivity contribution in [1.82, 2.24) is 4.31 Å². The van der Waals surface area contributed by atoms with Crippen LogP contribution in [0.1, 0.15) is 12.5 Å². The number of morpholine rings is 1. The maximum Gasteiger partial charge on any atom is 0.244 e. The van der Waals surface area contributed by atoms with E-state index in [1.165, 1.54) is 16.4 Å². The van der Waals surface area contributed by atoms with Gasteiger partial charge in [-0.2, -0.15) is 4.31 Å². The van der Waals surface area contributed by atoms with Crippen molar-refractivity contribution in [3.8, 4) is 0 Å². The fourth-order valence-corrected chi connectivity index (χ4v) is 4.01. The molecule has 0 aromatic heterocycles. The topological polar surface area (TPSA) is 66.8 Å². The summed E-state index contributed by atoms with van der Waals surface area (Å²) in [6, 6.07) is 4.50. The van der Waals surface area contributed by atoms with Gasteiger partial charge in [-0.1, -0.05) is 17.7 Å². The van der Waals surface area contributed by atoms with Crippen molar-refractivity contribution in [2.45, 2.75) is 24.5 Å². The highest BCUT2D eigenvalue weighted by Crippen LogP contribution is 2.27. The van der Waals surface area contributed by atoms with Gasteiger partial charge in [-0.3, -0.25) is 0 Å². The monoisotopic (exact) mass is 305 g/mol. The Balaban J connectivity index is 2.38. The first-order valence-electron chi connectivity index (χ1n) is 5.96. The molecule has 1 aromatic carbocycles. The zero-order valence-corrected chi connectivity index (χ0v) is 12.1. The highest BCUT2D eigenvalue weighted by atomic mass is 35.5. The number of rotatable bonds is 3. The summed E-state index contributed by atoms with van der Waals surface area (Å²) in [4.78, 5) is 0.0369. The van der Waals surface area contributed by atoms with Crippen LogP contribution >= 0.6 is 11.6 Å². The molecule has 0 radical (unpaired) electrons. The highest BCUT2D eigenvalue weighted by molar-refractivity contribution is 7.89. The number of hydrogen-bond acceptors (Lipinski definition) is 4. The molecule has 1 N–H and O–H groups in total. The van der Waals surface area contributed by atoms with Gasteiger partial charge >= 0.3 is 0 Å². The Hall–Kier alpha value is -0.660. The Morgan fingerprint density at radius 2 is 2.26 bits per heavy atom. The lowest BCUT2D eigenvalue weighted by molar-refractivity contribution is 0.0102. The summed E-state index contributed by atoms with van der Waals surface area (Å²) in [5.74, 6) is 0. The molecule has 1 atom stereocenters. The molecule has 1 aliphatic heterocycles. The van der Waals surface area contributed by atoms with Gasteiger partial charge in [0.1, 0.15) is 4.90 Å². The summed E-state index contributed by atoms with van der Waals surface area (Å²) < 4.78 is 31.8. The van der Waals surface area contributed by atoms with E-state index in [1.54, 1.807) is 6.07 Å². The largest absolute Gasteiger partial charge is 0.392 e. The Labute approximate surface area is 117 Å². The molecular weight excluding hydrogens is 290 g/mol. The number of nitrogens with zero attached hydrogens (tertiary/aromatic N) is 1. The van der Waals surface area contributed by atoms with Crippen molar-refractivity contribution in [3.05, 3.63) is 28.8 Å². The standard InChI is InChI=1S/C12H16ClNO4S/c1-9-7-14(4-5-18-9)19(16,17)12-6-10(8-15)2-3-11(12)13/h2-3,6,9,15H,4-5,7-8H2,1H3. The van der Waals surface area contributed by atoms with E-state index in [2.05, 4.69) is 0 Å². The predicted octanol–water partition coefficient (Wildman–Crippen LogP) is 1.24. The van der Waals surface area contributed by atoms with Crippen molar-refractivity contribution in [2.75, 3.05) is 19.7 Å². The minimum absolute atomic E-state index is 0.0369. The lowest BCUT2D eigenvalue weighted by atomic mass is 10.2. The molecule has 5 nitrogen and oxygen atoms in total. The minimum atomic E-state index is -3.65. The molecule has 1 aromatic rings. The first kappa shape index (κ1) is 14.7. The molecule has 1 heterocycles. The number of aliphatic hydroxyl groups is 1. The number of halogens is 1. The fourth-order valence-electron chi connectivity index (χ4n) is 1.99. The molecule has 0 bridgehead atoms. The zero-order valence-electron chi connectivity index (χ0n) is 10.5. The second-order valence-electron chi connectivity index (χ2n) is 4.47. The average Bonchev–Trinajstić information content (AvgIpc) is 2.39. The summed E-state index contributed by atoms with van der Waals surface area (Å²) >= 11 is 5.97. The Kier molecular flexibility index (Phi) is 4.47. The van der Waals surface area contributed by atoms with Gasteiger partial charge in [-0.25, -0.2) is 8.42 Å². The molecule has 2 rings (SSSR count). The van der Waals surface area contributed by atoms with Crippen molar-refractivity contribution < 1.29 is 18.3 Å². The molecule has 19 heavy (non-hydrogen) atoms. The summed E-state index contributed by atoms with van der Waals surface area (Å²) in [5, 5.41) is 9.26. The van der Waals surface area contributed by atoms with Crippen LogP contribution in [0.2, 0.25) is 5.02 Å². The van der Waals surface area contributed by atoms with Gasteiger partial charge in [-0.05, 0) is 24.6 Å². The van der Waals surface area contributed by atoms with E-state index in [-0.39, 0.29) is 22.6 Å². The lowest BCUT2D eigenvalue weighted by Gasteiger charge is -2.30. The van der Waals surface area contributed by atoms with Gasteiger partial charge < -0.3 is 9.84 Å². The molecular formula is C12H16ClNO4S. The van der Waals surface area contributed by atoms with E-state index in [0.717, 1.165) is 0 Å². The van der Waals surface area contributed by atoms with Crippen LogP contribution in [0.4, 0.5) is 0 Å². The van der Waals surface area contributed by atoms with E-state index >= 15 is 0 Å². The highest BCUT2D eigenvalue weighted by Gasteiger charge is 2.30. The van der Waals surface area contributed by atoms with Crippen molar-refractivity contribution >= 4 is 21.6 Å². The third kappa shape index (κ3) is 3.09. The van der Waals surface area contributed by atoms with Crippen LogP contribution in [-0.4, -0.2) is 43.6 Å². The number of hydrogen-bond donors (Lipinski definition) is 1. The average molecular weight is 306 g/mol. The predicted molar refractivity (Wildman–Crippen MR) is 71.5 cm³/mol. The van der Waals surface area contributed by atoms with Crippen LogP contribution in [0.15, 0.2) is 23.1 Å². The smallest absolute Gasteiger partial charge is 0.244 e. The normalized spacial score (nSPS) is 21.5. The summed E-state index contributed by atoms with van der Waals surface area (Å²) in [5.41, 5.74) is 0.518. The Morgan fingerprint density at radius 3 is 2.89 bits per heavy atom. The van der Waals surface area contributed by atoms with E-state index < -0.39 is 10.0 Å². The van der Waals surface area contributed by atoms with Gasteiger partial charge in [0.2, 0.25) is 10.0 Å². The minimum Gasteiger partial charge on any atom is -0.392 e. The third-order valence-corrected chi connectivity index (χ3v) is 5.35. The van der Waals surface area contributed by atoms with Gasteiger partial charge in [0.15, 0.2) is 0 Å². The van der Waals surface area contributed by atoms with Crippen LogP contribution in [0.3, 0.4) is 0 Å². The Morgan fingerprint density at radius 1 is 1.53 bits per heavy atom. The van der Waals surface area contributed by atoms with Gasteiger partial charge in [0, 0.05) is 13.1 Å². The van der Waals surface area contributed by atoms with E-state index in [1.807, 2.05) is 6.92 Å². The molecule has 1 fully saturated rings. The summed E-state index contributed by atoms with van der Waals surface area (Å²) in [6.45, 7) is 2.60. The van der Waals surface area contributed by atoms with Gasteiger partial charge in [0.05, 0.1) is 24.3 Å². The third-order valence-electron chi connectivity index (χ3n) is 3.00. The van der Waals surface area contributed by atoms with E-state index in [4.69, 9.17) is 21.4 Å². The quantitative estimate of drug-likeness (QED) is 0.912. The molecule has 0 saturated carbocycles. The van der Waals surface area contributed by atoms with Crippen molar-refractivity contribution in [1.29, 1.82) is 0 Å². The van der Waals surface area contributed by atoms with Crippen LogP contribution in [0.5, 0.6) is 0 Å². The molecule has 1 saturated heterocycles. The second-order valence-corrected chi connectivity index (χ2v) is 6.78. The molecule has 1 unspecified atom stereocenters. The molecule has 1 aliphatic rings. The van der Waals surface area contributed by atoms with Crippen LogP contribution in [0.25, 0.3) is 0 Å². The number of ether oxygens (including phenoxy) is 1. The van der Waals surface area contributed by atoms with Gasteiger partial charge in [0.25, 0.3) is 0 Å². The van der Waals surface area contributed by atoms with Crippen LogP contribution in [0, 0.1) is 0 Å². The van der Waals surface area contributed by atoms with Crippen molar-refractivity contribution in [3.63, 3.8) is 0 Å². The summed E-state index contributed by atoms with van der Waals surface area (Å²) in [7, 11) is -3.65. The molecule has 106 valence electrons. The van der Waals surface area contributed by atoms with Crippen molar-refractivity contribution in [2.24, 2.45) is 0 Å². The molecule has 7 heteroatoms. The zero-order chi connectivity index (χ0) is 14.0. The first-order valence-corrected chi connectivity index (χ1v) is 7.78. The number of aliphatic hydroxyl groups excluding tert-OH is 1. The second kappa shape index (κ2) is 5.76. The maximum atomic E-state index is 12.5.